The number of sulfonamides is 1. The molecular weight excluding hydrogens is 428 g/mol. The molecule has 0 bridgehead atoms. The summed E-state index contributed by atoms with van der Waals surface area (Å²) in [7, 11) is -3.57. The average molecular weight is 453 g/mol. The van der Waals surface area contributed by atoms with E-state index in [9.17, 15) is 13.2 Å². The first kappa shape index (κ1) is 22.1. The Labute approximate surface area is 187 Å². The second-order valence-corrected chi connectivity index (χ2v) is 9.27. The predicted octanol–water partition coefficient (Wildman–Crippen LogP) is 2.14. The minimum Gasteiger partial charge on any atom is -0.379 e. The third-order valence-electron chi connectivity index (χ3n) is 5.16. The fourth-order valence-corrected chi connectivity index (χ4v) is 4.76. The smallest absolute Gasteiger partial charge is 0.251 e. The molecule has 2 heterocycles. The number of hydrogen-bond acceptors (Lipinski definition) is 6. The normalized spacial score (nSPS) is 14.8. The van der Waals surface area contributed by atoms with Crippen molar-refractivity contribution < 1.29 is 17.9 Å². The Hall–Kier alpha value is -3.14. The fourth-order valence-electron chi connectivity index (χ4n) is 3.36. The van der Waals surface area contributed by atoms with Crippen LogP contribution < -0.4 is 5.32 Å². The lowest BCUT2D eigenvalue weighted by Crippen LogP contribution is -2.40. The summed E-state index contributed by atoms with van der Waals surface area (Å²) in [5.41, 5.74) is 2.27. The fraction of sp³-hybridized carbons (Fsp3) is 0.261. The van der Waals surface area contributed by atoms with Gasteiger partial charge >= 0.3 is 0 Å². The van der Waals surface area contributed by atoms with E-state index < -0.39 is 10.0 Å². The van der Waals surface area contributed by atoms with E-state index in [1.807, 2.05) is 30.3 Å². The standard InChI is InChI=1S/C23H24N4O4S/c28-23(20-6-8-21(9-7-20)32(29,30)27-12-14-31-15-13-27)24-11-10-18-16-25-22(26-17-18)19-4-2-1-3-5-19/h1-9,16-17H,10-15H2,(H,24,28). The second-order valence-electron chi connectivity index (χ2n) is 7.33. The predicted molar refractivity (Wildman–Crippen MR) is 120 cm³/mol. The van der Waals surface area contributed by atoms with Crippen LogP contribution in [0, 0.1) is 0 Å². The van der Waals surface area contributed by atoms with Crippen LogP contribution >= 0.6 is 0 Å². The second kappa shape index (κ2) is 9.99. The SMILES string of the molecule is O=C(NCCc1cnc(-c2ccccc2)nc1)c1ccc(S(=O)(=O)N2CCOCC2)cc1. The Morgan fingerprint density at radius 1 is 0.969 bits per heavy atom. The van der Waals surface area contributed by atoms with Crippen LogP contribution in [-0.4, -0.2) is 61.4 Å². The molecule has 9 heteroatoms. The number of amides is 1. The number of carbonyl (C=O) groups excluding carboxylic acids is 1. The van der Waals surface area contributed by atoms with Crippen LogP contribution in [0.4, 0.5) is 0 Å². The zero-order valence-corrected chi connectivity index (χ0v) is 18.3. The molecular formula is C23H24N4O4S. The van der Waals surface area contributed by atoms with Gasteiger partial charge < -0.3 is 10.1 Å². The van der Waals surface area contributed by atoms with E-state index in [-0.39, 0.29) is 10.8 Å². The lowest BCUT2D eigenvalue weighted by atomic mass is 10.2. The molecule has 0 spiro atoms. The molecule has 1 fully saturated rings. The molecule has 0 radical (unpaired) electrons. The highest BCUT2D eigenvalue weighted by Gasteiger charge is 2.26. The lowest BCUT2D eigenvalue weighted by molar-refractivity contribution is 0.0730. The van der Waals surface area contributed by atoms with E-state index in [0.717, 1.165) is 11.1 Å². The molecule has 1 N–H and O–H groups in total. The van der Waals surface area contributed by atoms with E-state index in [1.54, 1.807) is 12.4 Å². The minimum atomic E-state index is -3.57. The van der Waals surface area contributed by atoms with E-state index >= 15 is 0 Å². The lowest BCUT2D eigenvalue weighted by Gasteiger charge is -2.26. The van der Waals surface area contributed by atoms with Gasteiger partial charge in [0, 0.05) is 43.2 Å². The van der Waals surface area contributed by atoms with E-state index in [4.69, 9.17) is 4.74 Å². The van der Waals surface area contributed by atoms with Gasteiger partial charge in [0.1, 0.15) is 0 Å². The minimum absolute atomic E-state index is 0.173. The zero-order valence-electron chi connectivity index (χ0n) is 17.5. The summed E-state index contributed by atoms with van der Waals surface area (Å²) < 4.78 is 31.9. The third-order valence-corrected chi connectivity index (χ3v) is 7.07. The maximum absolute atomic E-state index is 12.7. The quantitative estimate of drug-likeness (QED) is 0.589. The van der Waals surface area contributed by atoms with Crippen LogP contribution in [0.25, 0.3) is 11.4 Å². The van der Waals surface area contributed by atoms with Gasteiger partial charge in [0.25, 0.3) is 5.91 Å². The Bertz CT molecular complexity index is 1140. The molecule has 2 aromatic carbocycles. The summed E-state index contributed by atoms with van der Waals surface area (Å²) in [5.74, 6) is 0.396. The van der Waals surface area contributed by atoms with Crippen molar-refractivity contribution in [1.82, 2.24) is 19.6 Å². The molecule has 0 atom stereocenters. The zero-order chi connectivity index (χ0) is 22.4. The highest BCUT2D eigenvalue weighted by atomic mass is 32.2. The number of carbonyl (C=O) groups is 1. The summed E-state index contributed by atoms with van der Waals surface area (Å²) in [6.45, 7) is 1.86. The van der Waals surface area contributed by atoms with Crippen molar-refractivity contribution in [2.75, 3.05) is 32.8 Å². The van der Waals surface area contributed by atoms with Crippen LogP contribution in [0.1, 0.15) is 15.9 Å². The summed E-state index contributed by atoms with van der Waals surface area (Å²) >= 11 is 0. The molecule has 1 amide bonds. The Morgan fingerprint density at radius 3 is 2.28 bits per heavy atom. The van der Waals surface area contributed by atoms with Gasteiger partial charge in [-0.15, -0.1) is 0 Å². The maximum atomic E-state index is 12.7. The summed E-state index contributed by atoms with van der Waals surface area (Å²) in [6.07, 6.45) is 4.10. The first-order valence-corrected chi connectivity index (χ1v) is 11.8. The number of morpholine rings is 1. The molecule has 8 nitrogen and oxygen atoms in total. The van der Waals surface area contributed by atoms with Gasteiger partial charge in [-0.25, -0.2) is 18.4 Å². The van der Waals surface area contributed by atoms with Crippen molar-refractivity contribution in [3.63, 3.8) is 0 Å². The molecule has 0 aliphatic carbocycles. The van der Waals surface area contributed by atoms with Crippen molar-refractivity contribution in [3.05, 3.63) is 78.1 Å². The highest BCUT2D eigenvalue weighted by Crippen LogP contribution is 2.18. The van der Waals surface area contributed by atoms with Crippen LogP contribution in [0.2, 0.25) is 0 Å². The van der Waals surface area contributed by atoms with Gasteiger partial charge in [0.2, 0.25) is 10.0 Å². The molecule has 0 unspecified atom stereocenters. The Kier molecular flexibility index (Phi) is 6.89. The van der Waals surface area contributed by atoms with Crippen LogP contribution in [-0.2, 0) is 21.2 Å². The van der Waals surface area contributed by atoms with Gasteiger partial charge in [-0.1, -0.05) is 30.3 Å². The number of nitrogens with one attached hydrogen (secondary N) is 1. The molecule has 32 heavy (non-hydrogen) atoms. The molecule has 0 saturated carbocycles. The van der Waals surface area contributed by atoms with Crippen LogP contribution in [0.5, 0.6) is 0 Å². The Morgan fingerprint density at radius 2 is 1.62 bits per heavy atom. The molecule has 1 aromatic heterocycles. The molecule has 4 rings (SSSR count). The molecule has 1 aliphatic rings. The van der Waals surface area contributed by atoms with Crippen molar-refractivity contribution in [3.8, 4) is 11.4 Å². The number of nitrogens with zero attached hydrogens (tertiary/aromatic N) is 3. The third kappa shape index (κ3) is 5.18. The van der Waals surface area contributed by atoms with Gasteiger partial charge in [-0.05, 0) is 36.2 Å². The summed E-state index contributed by atoms with van der Waals surface area (Å²) in [6, 6.07) is 15.7. The highest BCUT2D eigenvalue weighted by molar-refractivity contribution is 7.89. The molecule has 1 aliphatic heterocycles. The molecule has 3 aromatic rings. The number of ether oxygens (including phenoxy) is 1. The summed E-state index contributed by atoms with van der Waals surface area (Å²) in [4.78, 5) is 21.4. The van der Waals surface area contributed by atoms with Crippen molar-refractivity contribution in [2.24, 2.45) is 0 Å². The monoisotopic (exact) mass is 452 g/mol. The topological polar surface area (TPSA) is 101 Å². The van der Waals surface area contributed by atoms with Gasteiger partial charge in [-0.3, -0.25) is 4.79 Å². The van der Waals surface area contributed by atoms with E-state index in [1.165, 1.54) is 28.6 Å². The van der Waals surface area contributed by atoms with E-state index in [0.29, 0.717) is 50.7 Å². The maximum Gasteiger partial charge on any atom is 0.251 e. The Balaban J connectivity index is 1.30. The number of aromatic nitrogens is 2. The van der Waals surface area contributed by atoms with Crippen LogP contribution in [0.3, 0.4) is 0 Å². The first-order valence-electron chi connectivity index (χ1n) is 10.4. The molecule has 1 saturated heterocycles. The van der Waals surface area contributed by atoms with Crippen molar-refractivity contribution in [2.45, 2.75) is 11.3 Å². The van der Waals surface area contributed by atoms with Crippen LogP contribution in [0.15, 0.2) is 71.9 Å². The largest absolute Gasteiger partial charge is 0.379 e. The van der Waals surface area contributed by atoms with Crippen molar-refractivity contribution >= 4 is 15.9 Å². The van der Waals surface area contributed by atoms with Gasteiger partial charge in [-0.2, -0.15) is 4.31 Å². The number of rotatable bonds is 7. The average Bonchev–Trinajstić information content (AvgIpc) is 2.85. The van der Waals surface area contributed by atoms with E-state index in [2.05, 4.69) is 15.3 Å². The van der Waals surface area contributed by atoms with Crippen molar-refractivity contribution in [1.29, 1.82) is 0 Å². The van der Waals surface area contributed by atoms with Gasteiger partial charge in [0.15, 0.2) is 5.82 Å². The first-order chi connectivity index (χ1) is 15.5. The van der Waals surface area contributed by atoms with Gasteiger partial charge in [0.05, 0.1) is 18.1 Å². The summed E-state index contributed by atoms with van der Waals surface area (Å²) in [5, 5.41) is 2.84. The number of benzene rings is 2. The number of hydrogen-bond donors (Lipinski definition) is 1. The molecule has 166 valence electrons.